The second-order valence-electron chi connectivity index (χ2n) is 6.44. The van der Waals surface area contributed by atoms with Crippen LogP contribution < -0.4 is 10.6 Å². The molecule has 2 N–H and O–H groups in total. The Morgan fingerprint density at radius 1 is 0.893 bits per heavy atom. The predicted octanol–water partition coefficient (Wildman–Crippen LogP) is 4.15. The molecule has 28 heavy (non-hydrogen) atoms. The van der Waals surface area contributed by atoms with Crippen LogP contribution in [0.5, 0.6) is 0 Å². The van der Waals surface area contributed by atoms with E-state index in [1.807, 2.05) is 42.5 Å². The zero-order valence-electron chi connectivity index (χ0n) is 15.6. The fourth-order valence-electron chi connectivity index (χ4n) is 2.79. The molecule has 0 saturated heterocycles. The molecule has 0 aliphatic rings. The Morgan fingerprint density at radius 2 is 1.71 bits per heavy atom. The molecule has 3 aromatic rings. The van der Waals surface area contributed by atoms with Crippen LogP contribution in [0.3, 0.4) is 0 Å². The summed E-state index contributed by atoms with van der Waals surface area (Å²) in [7, 11) is 0. The fraction of sp³-hybridized carbons (Fsp3) is 0.227. The largest absolute Gasteiger partial charge is 0.369 e. The Morgan fingerprint density at radius 3 is 2.46 bits per heavy atom. The van der Waals surface area contributed by atoms with Crippen LogP contribution in [0.15, 0.2) is 67.0 Å². The van der Waals surface area contributed by atoms with Gasteiger partial charge in [-0.2, -0.15) is 0 Å². The first-order valence-corrected chi connectivity index (χ1v) is 9.71. The van der Waals surface area contributed by atoms with Gasteiger partial charge in [0, 0.05) is 18.1 Å². The van der Waals surface area contributed by atoms with E-state index in [2.05, 4.69) is 32.7 Å². The van der Waals surface area contributed by atoms with Gasteiger partial charge >= 0.3 is 0 Å². The van der Waals surface area contributed by atoms with Gasteiger partial charge in [-0.25, -0.2) is 9.97 Å². The Labute approximate surface area is 170 Å². The molecule has 0 saturated carbocycles. The Bertz CT molecular complexity index is 885. The molecule has 0 atom stereocenters. The van der Waals surface area contributed by atoms with Gasteiger partial charge in [0.15, 0.2) is 0 Å². The molecular formula is C22H23ClN4O. The van der Waals surface area contributed by atoms with Crippen LogP contribution in [0, 0.1) is 0 Å². The van der Waals surface area contributed by atoms with Crippen molar-refractivity contribution in [2.24, 2.45) is 0 Å². The molecular weight excluding hydrogens is 372 g/mol. The molecule has 0 unspecified atom stereocenters. The first kappa shape index (κ1) is 19.8. The molecule has 0 aliphatic carbocycles. The number of rotatable bonds is 9. The Balaban J connectivity index is 1.38. The Hall–Kier alpha value is -2.92. The molecule has 1 heterocycles. The molecule has 3 rings (SSSR count). The summed E-state index contributed by atoms with van der Waals surface area (Å²) in [5, 5.41) is 6.78. The third-order valence-electron chi connectivity index (χ3n) is 4.26. The number of amides is 1. The normalized spacial score (nSPS) is 10.5. The lowest BCUT2D eigenvalue weighted by atomic mass is 10.1. The highest BCUT2D eigenvalue weighted by atomic mass is 35.5. The van der Waals surface area contributed by atoms with Crippen molar-refractivity contribution >= 4 is 23.3 Å². The van der Waals surface area contributed by atoms with Crippen molar-refractivity contribution in [2.75, 3.05) is 18.4 Å². The molecule has 0 fully saturated rings. The summed E-state index contributed by atoms with van der Waals surface area (Å²) < 4.78 is 0. The lowest BCUT2D eigenvalue weighted by Crippen LogP contribution is -2.26. The summed E-state index contributed by atoms with van der Waals surface area (Å²) in [6, 6.07) is 18.0. The lowest BCUT2D eigenvalue weighted by Gasteiger charge is -2.07. The number of nitrogens with one attached hydrogen (secondary N) is 2. The molecule has 0 bridgehead atoms. The summed E-state index contributed by atoms with van der Waals surface area (Å²) in [5.74, 6) is 0.439. The SMILES string of the molecule is O=C(NCCc1cccc(Cl)c1)c1cnc(NCCCc2ccccc2)cn1. The maximum atomic E-state index is 12.2. The van der Waals surface area contributed by atoms with Crippen LogP contribution in [0.4, 0.5) is 5.82 Å². The summed E-state index contributed by atoms with van der Waals surface area (Å²) in [6.45, 7) is 1.31. The minimum atomic E-state index is -0.231. The van der Waals surface area contributed by atoms with Gasteiger partial charge in [-0.15, -0.1) is 0 Å². The van der Waals surface area contributed by atoms with Gasteiger partial charge in [0.2, 0.25) is 0 Å². The van der Waals surface area contributed by atoms with Crippen molar-refractivity contribution in [1.29, 1.82) is 0 Å². The molecule has 1 amide bonds. The van der Waals surface area contributed by atoms with Gasteiger partial charge in [0.25, 0.3) is 5.91 Å². The van der Waals surface area contributed by atoms with Crippen molar-refractivity contribution in [3.63, 3.8) is 0 Å². The van der Waals surface area contributed by atoms with Crippen LogP contribution in [0.25, 0.3) is 0 Å². The number of carbonyl (C=O) groups excluding carboxylic acids is 1. The van der Waals surface area contributed by atoms with Crippen LogP contribution in [-0.4, -0.2) is 29.0 Å². The molecule has 0 aliphatic heterocycles. The summed E-state index contributed by atoms with van der Waals surface area (Å²) in [6.07, 6.45) is 5.80. The molecule has 2 aromatic carbocycles. The summed E-state index contributed by atoms with van der Waals surface area (Å²) >= 11 is 5.96. The van der Waals surface area contributed by atoms with Crippen molar-refractivity contribution in [3.05, 3.63) is 88.8 Å². The van der Waals surface area contributed by atoms with E-state index < -0.39 is 0 Å². The van der Waals surface area contributed by atoms with Gasteiger partial charge in [0.05, 0.1) is 12.4 Å². The average molecular weight is 395 g/mol. The van der Waals surface area contributed by atoms with Gasteiger partial charge in [-0.05, 0) is 42.5 Å². The minimum absolute atomic E-state index is 0.231. The van der Waals surface area contributed by atoms with E-state index in [0.29, 0.717) is 29.5 Å². The number of carbonyl (C=O) groups is 1. The third-order valence-corrected chi connectivity index (χ3v) is 4.50. The maximum Gasteiger partial charge on any atom is 0.271 e. The highest BCUT2D eigenvalue weighted by Gasteiger charge is 2.07. The van der Waals surface area contributed by atoms with Crippen LogP contribution >= 0.6 is 11.6 Å². The average Bonchev–Trinajstić information content (AvgIpc) is 2.72. The van der Waals surface area contributed by atoms with Gasteiger partial charge in [-0.1, -0.05) is 54.1 Å². The number of hydrogen-bond donors (Lipinski definition) is 2. The first-order chi connectivity index (χ1) is 13.7. The highest BCUT2D eigenvalue weighted by Crippen LogP contribution is 2.11. The van der Waals surface area contributed by atoms with Crippen molar-refractivity contribution in [3.8, 4) is 0 Å². The number of aryl methyl sites for hydroxylation is 1. The monoisotopic (exact) mass is 394 g/mol. The van der Waals surface area contributed by atoms with E-state index in [1.165, 1.54) is 11.8 Å². The quantitative estimate of drug-likeness (QED) is 0.535. The Kier molecular flexibility index (Phi) is 7.38. The molecule has 1 aromatic heterocycles. The van der Waals surface area contributed by atoms with E-state index in [9.17, 15) is 4.79 Å². The molecule has 5 nitrogen and oxygen atoms in total. The van der Waals surface area contributed by atoms with Crippen LogP contribution in [0.1, 0.15) is 28.0 Å². The number of anilines is 1. The predicted molar refractivity (Wildman–Crippen MR) is 113 cm³/mol. The van der Waals surface area contributed by atoms with E-state index >= 15 is 0 Å². The topological polar surface area (TPSA) is 66.9 Å². The second kappa shape index (κ2) is 10.4. The number of aromatic nitrogens is 2. The zero-order chi connectivity index (χ0) is 19.6. The first-order valence-electron chi connectivity index (χ1n) is 9.33. The highest BCUT2D eigenvalue weighted by molar-refractivity contribution is 6.30. The summed E-state index contributed by atoms with van der Waals surface area (Å²) in [4.78, 5) is 20.6. The van der Waals surface area contributed by atoms with Gasteiger partial charge < -0.3 is 10.6 Å². The zero-order valence-corrected chi connectivity index (χ0v) is 16.3. The third kappa shape index (κ3) is 6.35. The van der Waals surface area contributed by atoms with E-state index in [0.717, 1.165) is 24.9 Å². The van der Waals surface area contributed by atoms with Crippen molar-refractivity contribution in [2.45, 2.75) is 19.3 Å². The van der Waals surface area contributed by atoms with Crippen LogP contribution in [-0.2, 0) is 12.8 Å². The van der Waals surface area contributed by atoms with Crippen molar-refractivity contribution in [1.82, 2.24) is 15.3 Å². The summed E-state index contributed by atoms with van der Waals surface area (Å²) in [5.41, 5.74) is 2.70. The molecule has 0 radical (unpaired) electrons. The minimum Gasteiger partial charge on any atom is -0.369 e. The standard InChI is InChI=1S/C22H23ClN4O/c23-19-10-4-8-18(14-19)11-13-25-22(28)20-15-27-21(16-26-20)24-12-5-9-17-6-2-1-3-7-17/h1-4,6-8,10,14-16H,5,9,11-13H2,(H,24,27)(H,25,28). The van der Waals surface area contributed by atoms with E-state index in [-0.39, 0.29) is 5.91 Å². The van der Waals surface area contributed by atoms with Crippen LogP contribution in [0.2, 0.25) is 5.02 Å². The van der Waals surface area contributed by atoms with Gasteiger partial charge in [0.1, 0.15) is 11.5 Å². The smallest absolute Gasteiger partial charge is 0.271 e. The number of hydrogen-bond acceptors (Lipinski definition) is 4. The van der Waals surface area contributed by atoms with Gasteiger partial charge in [-0.3, -0.25) is 4.79 Å². The molecule has 0 spiro atoms. The molecule has 144 valence electrons. The maximum absolute atomic E-state index is 12.2. The second-order valence-corrected chi connectivity index (χ2v) is 6.88. The van der Waals surface area contributed by atoms with Crippen molar-refractivity contribution < 1.29 is 4.79 Å². The van der Waals surface area contributed by atoms with E-state index in [4.69, 9.17) is 11.6 Å². The number of benzene rings is 2. The van der Waals surface area contributed by atoms with E-state index in [1.54, 1.807) is 6.20 Å². The molecule has 6 heteroatoms. The number of halogens is 1. The fourth-order valence-corrected chi connectivity index (χ4v) is 3.01. The lowest BCUT2D eigenvalue weighted by molar-refractivity contribution is 0.0949. The number of nitrogens with zero attached hydrogens (tertiary/aromatic N) is 2.